The van der Waals surface area contributed by atoms with E-state index in [1.165, 1.54) is 28.6 Å². The molecule has 1 aromatic carbocycles. The molecule has 10 heteroatoms. The third kappa shape index (κ3) is 4.88. The van der Waals surface area contributed by atoms with Crippen LogP contribution in [0.3, 0.4) is 0 Å². The Labute approximate surface area is 207 Å². The highest BCUT2D eigenvalue weighted by Gasteiger charge is 2.48. The molecule has 35 heavy (non-hydrogen) atoms. The Morgan fingerprint density at radius 2 is 1.86 bits per heavy atom. The van der Waals surface area contributed by atoms with E-state index in [0.29, 0.717) is 40.8 Å². The average Bonchev–Trinajstić information content (AvgIpc) is 3.40. The first kappa shape index (κ1) is 24.3. The molecule has 0 saturated carbocycles. The largest absolute Gasteiger partial charge is 0.507 e. The van der Waals surface area contributed by atoms with Crippen LogP contribution < -0.4 is 14.4 Å². The topological polar surface area (TPSA) is 115 Å². The van der Waals surface area contributed by atoms with E-state index in [2.05, 4.69) is 22.1 Å². The van der Waals surface area contributed by atoms with Crippen LogP contribution in [0.15, 0.2) is 48.3 Å². The number of Topliss-reactive ketones (excluding diaryl/α,β-unsaturated/α-hetero) is 1. The second-order valence-electron chi connectivity index (χ2n) is 7.85. The van der Waals surface area contributed by atoms with Crippen molar-refractivity contribution in [1.29, 1.82) is 0 Å². The van der Waals surface area contributed by atoms with Crippen LogP contribution in [-0.4, -0.2) is 45.2 Å². The summed E-state index contributed by atoms with van der Waals surface area (Å²) in [5.41, 5.74) is 0.899. The van der Waals surface area contributed by atoms with Gasteiger partial charge in [-0.3, -0.25) is 19.5 Å². The zero-order valence-corrected chi connectivity index (χ0v) is 20.5. The summed E-state index contributed by atoms with van der Waals surface area (Å²) in [5, 5.41) is 20.2. The molecule has 3 aromatic rings. The summed E-state index contributed by atoms with van der Waals surface area (Å²) in [5.74, 6) is -0.826. The number of carbonyl (C=O) groups excluding carboxylic acids is 2. The van der Waals surface area contributed by atoms with E-state index in [0.717, 1.165) is 12.8 Å². The van der Waals surface area contributed by atoms with E-state index < -0.39 is 17.7 Å². The van der Waals surface area contributed by atoms with Crippen LogP contribution in [0.2, 0.25) is 0 Å². The van der Waals surface area contributed by atoms with Gasteiger partial charge < -0.3 is 14.6 Å². The van der Waals surface area contributed by atoms with Gasteiger partial charge in [-0.25, -0.2) is 0 Å². The van der Waals surface area contributed by atoms with Crippen molar-refractivity contribution in [1.82, 2.24) is 15.2 Å². The van der Waals surface area contributed by atoms with E-state index >= 15 is 0 Å². The van der Waals surface area contributed by atoms with E-state index in [4.69, 9.17) is 9.47 Å². The van der Waals surface area contributed by atoms with Crippen molar-refractivity contribution in [3.63, 3.8) is 0 Å². The lowest BCUT2D eigenvalue weighted by Crippen LogP contribution is -2.29. The van der Waals surface area contributed by atoms with Crippen molar-refractivity contribution in [2.75, 3.05) is 18.1 Å². The summed E-state index contributed by atoms with van der Waals surface area (Å²) in [6.45, 7) is 6.65. The number of aromatic nitrogens is 3. The summed E-state index contributed by atoms with van der Waals surface area (Å²) in [7, 11) is 0. The number of anilines is 1. The highest BCUT2D eigenvalue weighted by molar-refractivity contribution is 7.15. The maximum absolute atomic E-state index is 13.2. The maximum atomic E-state index is 13.2. The summed E-state index contributed by atoms with van der Waals surface area (Å²) >= 11 is 1.19. The SMILES string of the molecule is CCCCOc1ccc(C2/C(=C(\O)c3ccncc3)C(=O)C(=O)N2c2nnc(C)s2)cc1OCC. The number of pyridine rings is 1. The molecule has 0 aliphatic carbocycles. The Kier molecular flexibility index (Phi) is 7.40. The Bertz CT molecular complexity index is 1260. The van der Waals surface area contributed by atoms with Crippen molar-refractivity contribution >= 4 is 33.9 Å². The number of unbranched alkanes of at least 4 members (excludes halogenated alkanes) is 1. The van der Waals surface area contributed by atoms with E-state index in [9.17, 15) is 14.7 Å². The maximum Gasteiger partial charge on any atom is 0.301 e. The first-order chi connectivity index (χ1) is 17.0. The summed E-state index contributed by atoms with van der Waals surface area (Å²) in [6, 6.07) is 7.48. The van der Waals surface area contributed by atoms with Crippen molar-refractivity contribution < 1.29 is 24.2 Å². The number of rotatable bonds is 9. The molecule has 0 bridgehead atoms. The van der Waals surface area contributed by atoms with Crippen LogP contribution >= 0.6 is 11.3 Å². The third-order valence-electron chi connectivity index (χ3n) is 5.46. The van der Waals surface area contributed by atoms with Crippen LogP contribution in [0.1, 0.15) is 48.9 Å². The van der Waals surface area contributed by atoms with Crippen molar-refractivity contribution in [3.05, 3.63) is 64.4 Å². The number of amides is 1. The number of aliphatic hydroxyl groups is 1. The molecular formula is C25H26N4O5S. The summed E-state index contributed by atoms with van der Waals surface area (Å²) < 4.78 is 11.7. The second-order valence-corrected chi connectivity index (χ2v) is 9.01. The van der Waals surface area contributed by atoms with E-state index in [1.807, 2.05) is 6.92 Å². The molecule has 1 atom stereocenters. The molecule has 1 aliphatic rings. The van der Waals surface area contributed by atoms with Gasteiger partial charge >= 0.3 is 5.91 Å². The van der Waals surface area contributed by atoms with Gasteiger partial charge in [0.15, 0.2) is 11.5 Å². The molecule has 2 aromatic heterocycles. The Hall–Kier alpha value is -3.79. The molecule has 4 rings (SSSR count). The molecule has 1 fully saturated rings. The highest BCUT2D eigenvalue weighted by atomic mass is 32.1. The molecule has 1 saturated heterocycles. The number of hydrogen-bond acceptors (Lipinski definition) is 9. The van der Waals surface area contributed by atoms with Crippen LogP contribution in [0.5, 0.6) is 11.5 Å². The number of ketones is 1. The zero-order chi connectivity index (χ0) is 24.9. The zero-order valence-electron chi connectivity index (χ0n) is 19.7. The minimum atomic E-state index is -0.931. The number of benzene rings is 1. The standard InChI is InChI=1S/C25H26N4O5S/c1-4-6-13-34-18-8-7-17(14-19(18)33-5-2)21-20(22(30)16-9-11-26-12-10-16)23(31)24(32)29(21)25-28-27-15(3)35-25/h7-12,14,21,30H,4-6,13H2,1-3H3/b22-20+. The van der Waals surface area contributed by atoms with Crippen molar-refractivity contribution in [2.45, 2.75) is 39.7 Å². The lowest BCUT2D eigenvalue weighted by molar-refractivity contribution is -0.132. The van der Waals surface area contributed by atoms with Gasteiger partial charge in [0.1, 0.15) is 10.8 Å². The average molecular weight is 495 g/mol. The fraction of sp³-hybridized carbons (Fsp3) is 0.320. The molecule has 1 unspecified atom stereocenters. The van der Waals surface area contributed by atoms with Crippen LogP contribution in [0, 0.1) is 6.92 Å². The third-order valence-corrected chi connectivity index (χ3v) is 6.30. The Balaban J connectivity index is 1.87. The number of hydrogen-bond donors (Lipinski definition) is 1. The number of ether oxygens (including phenoxy) is 2. The van der Waals surface area contributed by atoms with Gasteiger partial charge in [0.2, 0.25) is 5.13 Å². The molecule has 1 N–H and O–H groups in total. The van der Waals surface area contributed by atoms with E-state index in [-0.39, 0.29) is 16.5 Å². The normalized spacial score (nSPS) is 17.1. The molecule has 1 aliphatic heterocycles. The van der Waals surface area contributed by atoms with Gasteiger partial charge in [0.05, 0.1) is 24.8 Å². The molecule has 0 radical (unpaired) electrons. The summed E-state index contributed by atoms with van der Waals surface area (Å²) in [6.07, 6.45) is 4.90. The van der Waals surface area contributed by atoms with Crippen molar-refractivity contribution in [2.24, 2.45) is 0 Å². The first-order valence-corrected chi connectivity index (χ1v) is 12.2. The van der Waals surface area contributed by atoms with Crippen LogP contribution in [-0.2, 0) is 9.59 Å². The van der Waals surface area contributed by atoms with Gasteiger partial charge in [-0.1, -0.05) is 30.7 Å². The molecule has 3 heterocycles. The molecule has 9 nitrogen and oxygen atoms in total. The van der Waals surface area contributed by atoms with Gasteiger partial charge in [0, 0.05) is 18.0 Å². The number of aryl methyl sites for hydroxylation is 1. The second kappa shape index (κ2) is 10.6. The lowest BCUT2D eigenvalue weighted by atomic mass is 9.95. The predicted octanol–water partition coefficient (Wildman–Crippen LogP) is 4.45. The number of aliphatic hydroxyl groups excluding tert-OH is 1. The molecule has 182 valence electrons. The quantitative estimate of drug-likeness (QED) is 0.201. The highest BCUT2D eigenvalue weighted by Crippen LogP contribution is 2.44. The lowest BCUT2D eigenvalue weighted by Gasteiger charge is -2.23. The van der Waals surface area contributed by atoms with E-state index in [1.54, 1.807) is 37.3 Å². The smallest absolute Gasteiger partial charge is 0.301 e. The first-order valence-electron chi connectivity index (χ1n) is 11.4. The molecule has 0 spiro atoms. The Morgan fingerprint density at radius 1 is 1.09 bits per heavy atom. The number of carbonyl (C=O) groups is 2. The Morgan fingerprint density at radius 3 is 2.51 bits per heavy atom. The van der Waals surface area contributed by atoms with Gasteiger partial charge in [-0.2, -0.15) is 0 Å². The molecular weight excluding hydrogens is 468 g/mol. The van der Waals surface area contributed by atoms with Crippen LogP contribution in [0.4, 0.5) is 5.13 Å². The minimum Gasteiger partial charge on any atom is -0.507 e. The monoisotopic (exact) mass is 494 g/mol. The summed E-state index contributed by atoms with van der Waals surface area (Å²) in [4.78, 5) is 31.7. The minimum absolute atomic E-state index is 0.0452. The predicted molar refractivity (Wildman–Crippen MR) is 132 cm³/mol. The van der Waals surface area contributed by atoms with Gasteiger partial charge in [-0.15, -0.1) is 10.2 Å². The fourth-order valence-electron chi connectivity index (χ4n) is 3.80. The molecule has 1 amide bonds. The van der Waals surface area contributed by atoms with Gasteiger partial charge in [-0.05, 0) is 50.1 Å². The fourth-order valence-corrected chi connectivity index (χ4v) is 4.52. The number of nitrogens with zero attached hydrogens (tertiary/aromatic N) is 4. The van der Waals surface area contributed by atoms with Gasteiger partial charge in [0.25, 0.3) is 5.78 Å². The van der Waals surface area contributed by atoms with Crippen LogP contribution in [0.25, 0.3) is 5.76 Å². The van der Waals surface area contributed by atoms with Crippen molar-refractivity contribution in [3.8, 4) is 11.5 Å².